The molecule has 0 unspecified atom stereocenters. The highest BCUT2D eigenvalue weighted by molar-refractivity contribution is 9.10. The van der Waals surface area contributed by atoms with Crippen LogP contribution in [0, 0.1) is 13.8 Å². The van der Waals surface area contributed by atoms with Gasteiger partial charge >= 0.3 is 6.03 Å². The van der Waals surface area contributed by atoms with Gasteiger partial charge in [0, 0.05) is 15.2 Å². The van der Waals surface area contributed by atoms with Crippen LogP contribution in [0.1, 0.15) is 11.1 Å². The van der Waals surface area contributed by atoms with Gasteiger partial charge in [-0.25, -0.2) is 4.79 Å². The van der Waals surface area contributed by atoms with Gasteiger partial charge in [-0.2, -0.15) is 0 Å². The van der Waals surface area contributed by atoms with Crippen molar-refractivity contribution in [1.29, 1.82) is 0 Å². The normalized spacial score (nSPS) is 10.3. The summed E-state index contributed by atoms with van der Waals surface area (Å²) >= 11 is 15.3. The molecule has 0 saturated carbocycles. The number of hydrogen-bond donors (Lipinski definition) is 2. The molecule has 2 aromatic carbocycles. The molecule has 0 spiro atoms. The van der Waals surface area contributed by atoms with Crippen molar-refractivity contribution in [3.05, 3.63) is 56.0 Å². The number of urea groups is 1. The monoisotopic (exact) mass is 386 g/mol. The lowest BCUT2D eigenvalue weighted by Gasteiger charge is -2.14. The van der Waals surface area contributed by atoms with Crippen LogP contribution in [0.15, 0.2) is 34.8 Å². The van der Waals surface area contributed by atoms with Crippen LogP contribution in [0.4, 0.5) is 16.2 Å². The summed E-state index contributed by atoms with van der Waals surface area (Å²) in [5.41, 5.74) is 3.17. The fourth-order valence-corrected chi connectivity index (χ4v) is 2.99. The van der Waals surface area contributed by atoms with E-state index >= 15 is 0 Å². The number of benzene rings is 2. The van der Waals surface area contributed by atoms with Crippen LogP contribution < -0.4 is 10.6 Å². The second-order valence-corrected chi connectivity index (χ2v) is 6.38. The van der Waals surface area contributed by atoms with Gasteiger partial charge in [0.15, 0.2) is 0 Å². The lowest BCUT2D eigenvalue weighted by atomic mass is 10.1. The Morgan fingerprint density at radius 3 is 2.29 bits per heavy atom. The first-order chi connectivity index (χ1) is 9.86. The molecule has 0 atom stereocenters. The third-order valence-corrected chi connectivity index (χ3v) is 3.94. The summed E-state index contributed by atoms with van der Waals surface area (Å²) in [6, 6.07) is 8.41. The minimum Gasteiger partial charge on any atom is -0.307 e. The van der Waals surface area contributed by atoms with Crippen molar-refractivity contribution in [2.75, 3.05) is 10.6 Å². The van der Waals surface area contributed by atoms with E-state index in [0.717, 1.165) is 21.3 Å². The number of hydrogen-bond acceptors (Lipinski definition) is 1. The van der Waals surface area contributed by atoms with Gasteiger partial charge in [-0.1, -0.05) is 39.1 Å². The van der Waals surface area contributed by atoms with Gasteiger partial charge < -0.3 is 10.6 Å². The zero-order valence-electron chi connectivity index (χ0n) is 11.4. The van der Waals surface area contributed by atoms with Crippen molar-refractivity contribution in [2.24, 2.45) is 0 Å². The molecule has 2 aromatic rings. The molecule has 0 aliphatic carbocycles. The smallest absolute Gasteiger partial charge is 0.307 e. The fourth-order valence-electron chi connectivity index (χ4n) is 1.97. The molecule has 21 heavy (non-hydrogen) atoms. The first-order valence-corrected chi connectivity index (χ1v) is 7.71. The Morgan fingerprint density at radius 2 is 1.67 bits per heavy atom. The fraction of sp³-hybridized carbons (Fsp3) is 0.133. The maximum Gasteiger partial charge on any atom is 0.323 e. The highest BCUT2D eigenvalue weighted by Gasteiger charge is 2.10. The third-order valence-electron chi connectivity index (χ3n) is 2.91. The SMILES string of the molecule is Cc1cc(Br)cc(C)c1NC(=O)Nc1cc(Cl)ccc1Cl. The minimum atomic E-state index is -0.368. The van der Waals surface area contributed by atoms with Crippen molar-refractivity contribution in [1.82, 2.24) is 0 Å². The predicted octanol–water partition coefficient (Wildman–Crippen LogP) is 6.02. The molecule has 6 heteroatoms. The van der Waals surface area contributed by atoms with E-state index in [4.69, 9.17) is 23.2 Å². The van der Waals surface area contributed by atoms with Crippen LogP contribution in [0.5, 0.6) is 0 Å². The number of halogens is 3. The summed E-state index contributed by atoms with van der Waals surface area (Å²) in [5.74, 6) is 0. The number of anilines is 2. The minimum absolute atomic E-state index is 0.368. The molecule has 2 N–H and O–H groups in total. The van der Waals surface area contributed by atoms with Gasteiger partial charge in [0.1, 0.15) is 0 Å². The zero-order chi connectivity index (χ0) is 15.6. The molecule has 0 aliphatic rings. The second kappa shape index (κ2) is 6.69. The molecular formula is C15H13BrCl2N2O. The van der Waals surface area contributed by atoms with Crippen LogP contribution >= 0.6 is 39.1 Å². The quantitative estimate of drug-likeness (QED) is 0.650. The molecule has 0 radical (unpaired) electrons. The average Bonchev–Trinajstić information content (AvgIpc) is 2.38. The zero-order valence-corrected chi connectivity index (χ0v) is 14.5. The van der Waals surface area contributed by atoms with E-state index < -0.39 is 0 Å². The number of amides is 2. The number of aryl methyl sites for hydroxylation is 2. The molecule has 3 nitrogen and oxygen atoms in total. The third kappa shape index (κ3) is 4.13. The largest absolute Gasteiger partial charge is 0.323 e. The highest BCUT2D eigenvalue weighted by atomic mass is 79.9. The van der Waals surface area contributed by atoms with E-state index in [1.54, 1.807) is 18.2 Å². The molecule has 0 aliphatic heterocycles. The number of nitrogens with one attached hydrogen (secondary N) is 2. The molecule has 0 fully saturated rings. The average molecular weight is 388 g/mol. The van der Waals surface area contributed by atoms with Gasteiger partial charge in [-0.3, -0.25) is 0 Å². The maximum atomic E-state index is 12.1. The van der Waals surface area contributed by atoms with Crippen LogP contribution in [0.25, 0.3) is 0 Å². The van der Waals surface area contributed by atoms with Crippen LogP contribution in [-0.4, -0.2) is 6.03 Å². The Morgan fingerprint density at radius 1 is 1.05 bits per heavy atom. The lowest BCUT2D eigenvalue weighted by Crippen LogP contribution is -2.20. The lowest BCUT2D eigenvalue weighted by molar-refractivity contribution is 0.262. The van der Waals surface area contributed by atoms with E-state index in [1.165, 1.54) is 0 Å². The van der Waals surface area contributed by atoms with Gasteiger partial charge in [0.2, 0.25) is 0 Å². The van der Waals surface area contributed by atoms with Gasteiger partial charge in [0.25, 0.3) is 0 Å². The molecular weight excluding hydrogens is 375 g/mol. The van der Waals surface area contributed by atoms with E-state index in [9.17, 15) is 4.79 Å². The Bertz CT molecular complexity index is 681. The molecule has 0 saturated heterocycles. The van der Waals surface area contributed by atoms with Gasteiger partial charge in [-0.05, 0) is 55.3 Å². The summed E-state index contributed by atoms with van der Waals surface area (Å²) in [4.78, 5) is 12.1. The standard InChI is InChI=1S/C15H13BrCl2N2O/c1-8-5-10(16)6-9(2)14(8)20-15(21)19-13-7-11(17)3-4-12(13)18/h3-7H,1-2H3,(H2,19,20,21). The summed E-state index contributed by atoms with van der Waals surface area (Å²) in [5, 5.41) is 6.45. The maximum absolute atomic E-state index is 12.1. The molecule has 0 heterocycles. The Hall–Kier alpha value is -1.23. The Labute approximate surface area is 141 Å². The van der Waals surface area contributed by atoms with Crippen molar-refractivity contribution in [2.45, 2.75) is 13.8 Å². The van der Waals surface area contributed by atoms with Gasteiger partial charge in [-0.15, -0.1) is 0 Å². The van der Waals surface area contributed by atoms with E-state index in [2.05, 4.69) is 26.6 Å². The molecule has 0 aromatic heterocycles. The summed E-state index contributed by atoms with van der Waals surface area (Å²) < 4.78 is 0.973. The van der Waals surface area contributed by atoms with Gasteiger partial charge in [0.05, 0.1) is 10.7 Å². The van der Waals surface area contributed by atoms with E-state index in [-0.39, 0.29) is 6.03 Å². The Kier molecular flexibility index (Phi) is 5.14. The highest BCUT2D eigenvalue weighted by Crippen LogP contribution is 2.27. The first kappa shape index (κ1) is 16.1. The molecule has 2 amide bonds. The first-order valence-electron chi connectivity index (χ1n) is 6.16. The molecule has 110 valence electrons. The van der Waals surface area contributed by atoms with Crippen molar-refractivity contribution >= 4 is 56.5 Å². The predicted molar refractivity (Wildman–Crippen MR) is 92.7 cm³/mol. The second-order valence-electron chi connectivity index (χ2n) is 4.62. The summed E-state index contributed by atoms with van der Waals surface area (Å²) in [6.07, 6.45) is 0. The topological polar surface area (TPSA) is 41.1 Å². The molecule has 2 rings (SSSR count). The number of carbonyl (C=O) groups excluding carboxylic acids is 1. The van der Waals surface area contributed by atoms with Crippen molar-refractivity contribution in [3.63, 3.8) is 0 Å². The number of carbonyl (C=O) groups is 1. The van der Waals surface area contributed by atoms with Crippen molar-refractivity contribution in [3.8, 4) is 0 Å². The summed E-state index contributed by atoms with van der Waals surface area (Å²) in [6.45, 7) is 3.86. The Balaban J connectivity index is 2.17. The molecule has 0 bridgehead atoms. The van der Waals surface area contributed by atoms with Crippen LogP contribution in [0.3, 0.4) is 0 Å². The van der Waals surface area contributed by atoms with E-state index in [0.29, 0.717) is 15.7 Å². The number of rotatable bonds is 2. The van der Waals surface area contributed by atoms with Crippen LogP contribution in [0.2, 0.25) is 10.0 Å². The van der Waals surface area contributed by atoms with Crippen LogP contribution in [-0.2, 0) is 0 Å². The van der Waals surface area contributed by atoms with Crippen molar-refractivity contribution < 1.29 is 4.79 Å². The summed E-state index contributed by atoms with van der Waals surface area (Å²) in [7, 11) is 0. The van der Waals surface area contributed by atoms with E-state index in [1.807, 2.05) is 26.0 Å².